The molecule has 0 aromatic carbocycles. The van der Waals surface area contributed by atoms with E-state index >= 15 is 0 Å². The first-order chi connectivity index (χ1) is 9.33. The molecule has 0 spiro atoms. The fraction of sp³-hybridized carbons (Fsp3) is 0.714. The molecule has 104 valence electrons. The standard InChI is InChI=1S/C14H23N5/c1-18-8-4-12(5-9-18)13-2-3-14(17-16-13)19-10-6-15-7-11-19/h2-3,12,15H,4-11H2,1H3. The van der Waals surface area contributed by atoms with Crippen molar-refractivity contribution in [1.29, 1.82) is 0 Å². The van der Waals surface area contributed by atoms with Crippen LogP contribution in [0, 0.1) is 0 Å². The summed E-state index contributed by atoms with van der Waals surface area (Å²) in [5, 5.41) is 12.3. The van der Waals surface area contributed by atoms with Crippen LogP contribution in [0.5, 0.6) is 0 Å². The maximum absolute atomic E-state index is 4.47. The van der Waals surface area contributed by atoms with Crippen molar-refractivity contribution in [2.45, 2.75) is 18.8 Å². The van der Waals surface area contributed by atoms with E-state index in [1.54, 1.807) is 0 Å². The molecule has 2 saturated heterocycles. The van der Waals surface area contributed by atoms with Gasteiger partial charge in [-0.15, -0.1) is 5.10 Å². The molecule has 19 heavy (non-hydrogen) atoms. The average Bonchev–Trinajstić information content (AvgIpc) is 2.49. The molecule has 0 radical (unpaired) electrons. The highest BCUT2D eigenvalue weighted by molar-refractivity contribution is 5.38. The van der Waals surface area contributed by atoms with Crippen LogP contribution in [0.4, 0.5) is 5.82 Å². The van der Waals surface area contributed by atoms with Crippen LogP contribution < -0.4 is 10.2 Å². The van der Waals surface area contributed by atoms with Gasteiger partial charge in [-0.3, -0.25) is 0 Å². The smallest absolute Gasteiger partial charge is 0.151 e. The molecular formula is C14H23N5. The van der Waals surface area contributed by atoms with Crippen molar-refractivity contribution in [3.63, 3.8) is 0 Å². The Morgan fingerprint density at radius 3 is 2.42 bits per heavy atom. The first-order valence-corrected chi connectivity index (χ1v) is 7.31. The number of likely N-dealkylation sites (tertiary alicyclic amines) is 1. The number of piperidine rings is 1. The minimum Gasteiger partial charge on any atom is -0.353 e. The Kier molecular flexibility index (Phi) is 3.94. The molecule has 0 saturated carbocycles. The summed E-state index contributed by atoms with van der Waals surface area (Å²) in [6.45, 7) is 6.49. The van der Waals surface area contributed by atoms with Crippen molar-refractivity contribution in [3.05, 3.63) is 17.8 Å². The minimum absolute atomic E-state index is 0.598. The minimum atomic E-state index is 0.598. The number of piperazine rings is 1. The number of nitrogens with zero attached hydrogens (tertiary/aromatic N) is 4. The normalized spacial score (nSPS) is 22.7. The van der Waals surface area contributed by atoms with Crippen LogP contribution >= 0.6 is 0 Å². The van der Waals surface area contributed by atoms with Gasteiger partial charge < -0.3 is 15.1 Å². The van der Waals surface area contributed by atoms with Gasteiger partial charge in [0.25, 0.3) is 0 Å². The fourth-order valence-electron chi connectivity index (χ4n) is 2.92. The first kappa shape index (κ1) is 12.8. The molecule has 1 aromatic heterocycles. The molecule has 5 heteroatoms. The lowest BCUT2D eigenvalue weighted by atomic mass is 9.94. The summed E-state index contributed by atoms with van der Waals surface area (Å²) in [6.07, 6.45) is 2.41. The zero-order valence-corrected chi connectivity index (χ0v) is 11.7. The number of aromatic nitrogens is 2. The molecule has 3 rings (SSSR count). The highest BCUT2D eigenvalue weighted by atomic mass is 15.3. The summed E-state index contributed by atoms with van der Waals surface area (Å²) in [5.74, 6) is 1.62. The monoisotopic (exact) mass is 261 g/mol. The van der Waals surface area contributed by atoms with Gasteiger partial charge in [0, 0.05) is 32.1 Å². The van der Waals surface area contributed by atoms with Crippen LogP contribution in [-0.2, 0) is 0 Å². The van der Waals surface area contributed by atoms with E-state index in [0.29, 0.717) is 5.92 Å². The molecule has 0 atom stereocenters. The lowest BCUT2D eigenvalue weighted by molar-refractivity contribution is 0.253. The summed E-state index contributed by atoms with van der Waals surface area (Å²) in [7, 11) is 2.19. The van der Waals surface area contributed by atoms with E-state index in [9.17, 15) is 0 Å². The number of nitrogens with one attached hydrogen (secondary N) is 1. The topological polar surface area (TPSA) is 44.3 Å². The Bertz CT molecular complexity index is 391. The molecular weight excluding hydrogens is 238 g/mol. The largest absolute Gasteiger partial charge is 0.353 e. The van der Waals surface area contributed by atoms with Gasteiger partial charge in [-0.1, -0.05) is 0 Å². The molecule has 2 aliphatic rings. The molecule has 2 aliphatic heterocycles. The molecule has 1 N–H and O–H groups in total. The summed E-state index contributed by atoms with van der Waals surface area (Å²) < 4.78 is 0. The third kappa shape index (κ3) is 3.04. The van der Waals surface area contributed by atoms with Crippen LogP contribution in [0.2, 0.25) is 0 Å². The lowest BCUT2D eigenvalue weighted by Gasteiger charge is -2.29. The summed E-state index contributed by atoms with van der Waals surface area (Å²) in [5.41, 5.74) is 1.17. The van der Waals surface area contributed by atoms with Crippen molar-refractivity contribution < 1.29 is 0 Å². The number of rotatable bonds is 2. The van der Waals surface area contributed by atoms with Gasteiger partial charge in [-0.2, -0.15) is 5.10 Å². The van der Waals surface area contributed by atoms with Gasteiger partial charge in [-0.25, -0.2) is 0 Å². The molecule has 0 bridgehead atoms. The van der Waals surface area contributed by atoms with E-state index in [2.05, 4.69) is 44.5 Å². The van der Waals surface area contributed by atoms with Crippen LogP contribution in [0.1, 0.15) is 24.5 Å². The predicted octanol–water partition coefficient (Wildman–Crippen LogP) is 0.695. The van der Waals surface area contributed by atoms with Gasteiger partial charge in [0.2, 0.25) is 0 Å². The Balaban J connectivity index is 1.65. The van der Waals surface area contributed by atoms with Gasteiger partial charge in [0.05, 0.1) is 5.69 Å². The van der Waals surface area contributed by atoms with E-state index in [1.807, 2.05) is 0 Å². The third-order valence-corrected chi connectivity index (χ3v) is 4.25. The van der Waals surface area contributed by atoms with Gasteiger partial charge in [-0.05, 0) is 45.1 Å². The summed E-state index contributed by atoms with van der Waals surface area (Å²) >= 11 is 0. The SMILES string of the molecule is CN1CCC(c2ccc(N3CCNCC3)nn2)CC1. The average molecular weight is 261 g/mol. The zero-order valence-electron chi connectivity index (χ0n) is 11.7. The summed E-state index contributed by atoms with van der Waals surface area (Å²) in [4.78, 5) is 4.70. The van der Waals surface area contributed by atoms with Crippen molar-refractivity contribution in [1.82, 2.24) is 20.4 Å². The van der Waals surface area contributed by atoms with Crippen LogP contribution in [-0.4, -0.2) is 61.4 Å². The van der Waals surface area contributed by atoms with Gasteiger partial charge >= 0.3 is 0 Å². The van der Waals surface area contributed by atoms with Crippen LogP contribution in [0.25, 0.3) is 0 Å². The van der Waals surface area contributed by atoms with Crippen molar-refractivity contribution in [2.75, 3.05) is 51.2 Å². The lowest BCUT2D eigenvalue weighted by Crippen LogP contribution is -2.44. The number of hydrogen-bond donors (Lipinski definition) is 1. The number of hydrogen-bond acceptors (Lipinski definition) is 5. The quantitative estimate of drug-likeness (QED) is 0.849. The number of anilines is 1. The van der Waals surface area contributed by atoms with Crippen molar-refractivity contribution in [2.24, 2.45) is 0 Å². The van der Waals surface area contributed by atoms with Crippen LogP contribution in [0.15, 0.2) is 12.1 Å². The molecule has 5 nitrogen and oxygen atoms in total. The summed E-state index contributed by atoms with van der Waals surface area (Å²) in [6, 6.07) is 4.33. The second-order valence-electron chi connectivity index (χ2n) is 5.63. The second-order valence-corrected chi connectivity index (χ2v) is 5.63. The van der Waals surface area contributed by atoms with Crippen LogP contribution in [0.3, 0.4) is 0 Å². The fourth-order valence-corrected chi connectivity index (χ4v) is 2.92. The Labute approximate surface area is 115 Å². The van der Waals surface area contributed by atoms with Gasteiger partial charge in [0.1, 0.15) is 0 Å². The molecule has 2 fully saturated rings. The molecule has 1 aromatic rings. The highest BCUT2D eigenvalue weighted by Gasteiger charge is 2.20. The predicted molar refractivity (Wildman–Crippen MR) is 76.6 cm³/mol. The van der Waals surface area contributed by atoms with E-state index in [1.165, 1.54) is 31.6 Å². The van der Waals surface area contributed by atoms with E-state index in [-0.39, 0.29) is 0 Å². The molecule has 0 unspecified atom stereocenters. The second kappa shape index (κ2) is 5.84. The maximum atomic E-state index is 4.47. The van der Waals surface area contributed by atoms with E-state index < -0.39 is 0 Å². The van der Waals surface area contributed by atoms with E-state index in [0.717, 1.165) is 32.0 Å². The van der Waals surface area contributed by atoms with Crippen molar-refractivity contribution >= 4 is 5.82 Å². The highest BCUT2D eigenvalue weighted by Crippen LogP contribution is 2.26. The third-order valence-electron chi connectivity index (χ3n) is 4.25. The molecule has 0 aliphatic carbocycles. The first-order valence-electron chi connectivity index (χ1n) is 7.31. The zero-order chi connectivity index (χ0) is 13.1. The maximum Gasteiger partial charge on any atom is 0.151 e. The Hall–Kier alpha value is -1.20. The van der Waals surface area contributed by atoms with E-state index in [4.69, 9.17) is 0 Å². The molecule has 0 amide bonds. The van der Waals surface area contributed by atoms with Crippen molar-refractivity contribution in [3.8, 4) is 0 Å². The molecule has 3 heterocycles. The van der Waals surface area contributed by atoms with Gasteiger partial charge in [0.15, 0.2) is 5.82 Å². The Morgan fingerprint density at radius 2 is 1.79 bits per heavy atom. The Morgan fingerprint density at radius 1 is 1.05 bits per heavy atom.